The lowest BCUT2D eigenvalue weighted by atomic mass is 9.77. The van der Waals surface area contributed by atoms with Crippen LogP contribution in [0.4, 0.5) is 0 Å². The third-order valence-electron chi connectivity index (χ3n) is 2.94. The average Bonchev–Trinajstić information content (AvgIpc) is 2.60. The highest BCUT2D eigenvalue weighted by Crippen LogP contribution is 2.35. The van der Waals surface area contributed by atoms with Crippen molar-refractivity contribution in [1.82, 2.24) is 15.0 Å². The van der Waals surface area contributed by atoms with Crippen LogP contribution in [0, 0.1) is 11.3 Å². The Labute approximate surface area is 108 Å². The third kappa shape index (κ3) is 3.03. The van der Waals surface area contributed by atoms with Gasteiger partial charge >= 0.3 is 0 Å². The molecule has 0 amide bonds. The van der Waals surface area contributed by atoms with Gasteiger partial charge in [0.2, 0.25) is 0 Å². The van der Waals surface area contributed by atoms with Gasteiger partial charge in [0, 0.05) is 30.3 Å². The van der Waals surface area contributed by atoms with Gasteiger partial charge in [0.1, 0.15) is 0 Å². The highest BCUT2D eigenvalue weighted by atomic mass is 79.9. The predicted octanol–water partition coefficient (Wildman–Crippen LogP) is 2.79. The van der Waals surface area contributed by atoms with E-state index in [0.29, 0.717) is 5.92 Å². The Morgan fingerprint density at radius 1 is 1.40 bits per heavy atom. The van der Waals surface area contributed by atoms with E-state index in [9.17, 15) is 0 Å². The van der Waals surface area contributed by atoms with Crippen LogP contribution >= 0.6 is 31.9 Å². The van der Waals surface area contributed by atoms with Crippen LogP contribution < -0.4 is 0 Å². The Kier molecular flexibility index (Phi) is 4.77. The molecule has 3 nitrogen and oxygen atoms in total. The monoisotopic (exact) mass is 337 g/mol. The molecule has 0 saturated carbocycles. The maximum atomic E-state index is 4.15. The summed E-state index contributed by atoms with van der Waals surface area (Å²) < 4.78 is 1.75. The van der Waals surface area contributed by atoms with Crippen LogP contribution in [0.2, 0.25) is 0 Å². The third-order valence-corrected chi connectivity index (χ3v) is 5.17. The molecular weight excluding hydrogens is 322 g/mol. The summed E-state index contributed by atoms with van der Waals surface area (Å²) >= 11 is 7.23. The molecule has 1 heterocycles. The van der Waals surface area contributed by atoms with E-state index in [4.69, 9.17) is 0 Å². The molecule has 86 valence electrons. The van der Waals surface area contributed by atoms with E-state index in [1.54, 1.807) is 4.68 Å². The van der Waals surface area contributed by atoms with Crippen LogP contribution in [-0.4, -0.2) is 25.7 Å². The fourth-order valence-electron chi connectivity index (χ4n) is 1.48. The SMILES string of the molecule is CC(C)C(CBr)(CBr)Cc1cn(C)nn1. The molecule has 0 aliphatic carbocycles. The minimum atomic E-state index is 0.218. The Morgan fingerprint density at radius 3 is 2.33 bits per heavy atom. The summed E-state index contributed by atoms with van der Waals surface area (Å²) in [6.45, 7) is 4.50. The minimum Gasteiger partial charge on any atom is -0.255 e. The van der Waals surface area contributed by atoms with Crippen molar-refractivity contribution in [2.24, 2.45) is 18.4 Å². The molecule has 0 saturated heterocycles. The maximum absolute atomic E-state index is 4.15. The van der Waals surface area contributed by atoms with Crippen LogP contribution in [0.5, 0.6) is 0 Å². The summed E-state index contributed by atoms with van der Waals surface area (Å²) in [6, 6.07) is 0. The van der Waals surface area contributed by atoms with Gasteiger partial charge in [-0.1, -0.05) is 50.9 Å². The Morgan fingerprint density at radius 2 is 2.00 bits per heavy atom. The lowest BCUT2D eigenvalue weighted by molar-refractivity contribution is 0.265. The lowest BCUT2D eigenvalue weighted by Gasteiger charge is -2.33. The predicted molar refractivity (Wildman–Crippen MR) is 69.6 cm³/mol. The van der Waals surface area contributed by atoms with E-state index in [0.717, 1.165) is 22.8 Å². The molecule has 0 spiro atoms. The molecule has 1 rings (SSSR count). The molecule has 15 heavy (non-hydrogen) atoms. The van der Waals surface area contributed by atoms with Crippen molar-refractivity contribution in [1.29, 1.82) is 0 Å². The summed E-state index contributed by atoms with van der Waals surface area (Å²) in [5.74, 6) is 0.596. The number of halogens is 2. The zero-order chi connectivity index (χ0) is 11.5. The molecule has 0 radical (unpaired) electrons. The van der Waals surface area contributed by atoms with Gasteiger partial charge in [-0.15, -0.1) is 5.10 Å². The fourth-order valence-corrected chi connectivity index (χ4v) is 4.10. The number of aryl methyl sites for hydroxylation is 1. The quantitative estimate of drug-likeness (QED) is 0.773. The van der Waals surface area contributed by atoms with Crippen LogP contribution in [0.1, 0.15) is 19.5 Å². The number of hydrogen-bond donors (Lipinski definition) is 0. The second-order valence-electron chi connectivity index (χ2n) is 4.34. The number of hydrogen-bond acceptors (Lipinski definition) is 2. The van der Waals surface area contributed by atoms with Crippen molar-refractivity contribution in [2.75, 3.05) is 10.7 Å². The van der Waals surface area contributed by atoms with E-state index in [2.05, 4.69) is 56.0 Å². The summed E-state index contributed by atoms with van der Waals surface area (Å²) in [5, 5.41) is 10.1. The van der Waals surface area contributed by atoms with E-state index in [-0.39, 0.29) is 5.41 Å². The molecule has 0 aliphatic rings. The molecule has 1 aromatic heterocycles. The number of aromatic nitrogens is 3. The van der Waals surface area contributed by atoms with Gasteiger partial charge < -0.3 is 0 Å². The van der Waals surface area contributed by atoms with Gasteiger partial charge in [0.25, 0.3) is 0 Å². The van der Waals surface area contributed by atoms with Gasteiger partial charge in [-0.05, 0) is 11.3 Å². The number of rotatable bonds is 5. The normalized spacial score (nSPS) is 12.4. The molecule has 5 heteroatoms. The first-order chi connectivity index (χ1) is 7.04. The maximum Gasteiger partial charge on any atom is 0.0833 e. The van der Waals surface area contributed by atoms with Gasteiger partial charge in [0.05, 0.1) is 5.69 Å². The molecule has 0 unspecified atom stereocenters. The molecule has 0 bridgehead atoms. The Balaban J connectivity index is 2.83. The van der Waals surface area contributed by atoms with Gasteiger partial charge in [-0.2, -0.15) is 0 Å². The van der Waals surface area contributed by atoms with Crippen LogP contribution in [-0.2, 0) is 13.5 Å². The standard InChI is InChI=1S/C10H17Br2N3/c1-8(2)10(6-11,7-12)4-9-5-15(3)14-13-9/h5,8H,4,6-7H2,1-3H3. The van der Waals surface area contributed by atoms with Crippen LogP contribution in [0.3, 0.4) is 0 Å². The Hall–Kier alpha value is 0.1000. The molecule has 0 aliphatic heterocycles. The van der Waals surface area contributed by atoms with E-state index in [1.807, 2.05) is 13.2 Å². The Bertz CT molecular complexity index is 305. The summed E-state index contributed by atoms with van der Waals surface area (Å²) in [7, 11) is 1.90. The van der Waals surface area contributed by atoms with E-state index in [1.165, 1.54) is 0 Å². The first-order valence-corrected chi connectivity index (χ1v) is 7.25. The van der Waals surface area contributed by atoms with Gasteiger partial charge in [0.15, 0.2) is 0 Å². The van der Waals surface area contributed by atoms with Crippen LogP contribution in [0.15, 0.2) is 6.20 Å². The largest absolute Gasteiger partial charge is 0.255 e. The summed E-state index contributed by atoms with van der Waals surface area (Å²) in [6.07, 6.45) is 2.94. The molecule has 0 atom stereocenters. The van der Waals surface area contributed by atoms with Crippen molar-refractivity contribution < 1.29 is 0 Å². The first-order valence-electron chi connectivity index (χ1n) is 5.01. The summed E-state index contributed by atoms with van der Waals surface area (Å²) in [4.78, 5) is 0. The van der Waals surface area contributed by atoms with Crippen LogP contribution in [0.25, 0.3) is 0 Å². The molecule has 0 fully saturated rings. The second kappa shape index (κ2) is 5.43. The highest BCUT2D eigenvalue weighted by molar-refractivity contribution is 9.09. The van der Waals surface area contributed by atoms with Gasteiger partial charge in [-0.25, -0.2) is 0 Å². The second-order valence-corrected chi connectivity index (χ2v) is 5.47. The summed E-state index contributed by atoms with van der Waals surface area (Å²) in [5.41, 5.74) is 1.28. The minimum absolute atomic E-state index is 0.218. The van der Waals surface area contributed by atoms with E-state index < -0.39 is 0 Å². The van der Waals surface area contributed by atoms with Crippen molar-refractivity contribution in [3.63, 3.8) is 0 Å². The van der Waals surface area contributed by atoms with Crippen molar-refractivity contribution in [3.8, 4) is 0 Å². The molecule has 0 aromatic carbocycles. The fraction of sp³-hybridized carbons (Fsp3) is 0.800. The van der Waals surface area contributed by atoms with Crippen molar-refractivity contribution in [3.05, 3.63) is 11.9 Å². The smallest absolute Gasteiger partial charge is 0.0833 e. The highest BCUT2D eigenvalue weighted by Gasteiger charge is 2.32. The number of alkyl halides is 2. The zero-order valence-corrected chi connectivity index (χ0v) is 12.5. The van der Waals surface area contributed by atoms with Gasteiger partial charge in [-0.3, -0.25) is 4.68 Å². The molecule has 1 aromatic rings. The van der Waals surface area contributed by atoms with E-state index >= 15 is 0 Å². The van der Waals surface area contributed by atoms with Crippen molar-refractivity contribution >= 4 is 31.9 Å². The molecule has 0 N–H and O–H groups in total. The average molecular weight is 339 g/mol. The lowest BCUT2D eigenvalue weighted by Crippen LogP contribution is -2.33. The first kappa shape index (κ1) is 13.2. The topological polar surface area (TPSA) is 30.7 Å². The number of nitrogens with zero attached hydrogens (tertiary/aromatic N) is 3. The molecular formula is C10H17Br2N3. The zero-order valence-electron chi connectivity index (χ0n) is 9.37. The van der Waals surface area contributed by atoms with Crippen molar-refractivity contribution in [2.45, 2.75) is 20.3 Å².